The third-order valence-corrected chi connectivity index (χ3v) is 3.96. The Morgan fingerprint density at radius 2 is 1.83 bits per heavy atom. The van der Waals surface area contributed by atoms with Crippen molar-refractivity contribution in [2.75, 3.05) is 0 Å². The van der Waals surface area contributed by atoms with Crippen LogP contribution in [0, 0.1) is 13.8 Å². The lowest BCUT2D eigenvalue weighted by Crippen LogP contribution is -2.05. The van der Waals surface area contributed by atoms with Gasteiger partial charge in [0.25, 0.3) is 0 Å². The number of carbonyl (C=O) groups excluding carboxylic acids is 1. The number of aldehydes is 1. The summed E-state index contributed by atoms with van der Waals surface area (Å²) >= 11 is 0. The fraction of sp³-hybridized carbons (Fsp3) is 0.167. The number of para-hydroxylation sites is 1. The molecule has 0 aliphatic carbocycles. The topological polar surface area (TPSA) is 32.9 Å². The Bertz CT molecular complexity index is 907. The van der Waals surface area contributed by atoms with Crippen LogP contribution in [-0.2, 0) is 6.18 Å². The summed E-state index contributed by atoms with van der Waals surface area (Å²) in [7, 11) is 0. The maximum atomic E-state index is 13.2. The van der Waals surface area contributed by atoms with E-state index in [4.69, 9.17) is 0 Å². The molecule has 0 saturated carbocycles. The van der Waals surface area contributed by atoms with Gasteiger partial charge >= 0.3 is 6.18 Å². The van der Waals surface area contributed by atoms with Crippen molar-refractivity contribution in [3.05, 3.63) is 58.7 Å². The number of aromatic nitrogens is 1. The van der Waals surface area contributed by atoms with E-state index in [2.05, 4.69) is 4.98 Å². The van der Waals surface area contributed by atoms with Crippen LogP contribution in [0.3, 0.4) is 0 Å². The van der Waals surface area contributed by atoms with E-state index in [1.54, 1.807) is 0 Å². The molecule has 3 aromatic rings. The largest absolute Gasteiger partial charge is 0.418 e. The number of H-pyrrole nitrogens is 1. The molecule has 0 atom stereocenters. The molecule has 0 saturated heterocycles. The molecule has 1 N–H and O–H groups in total. The zero-order valence-corrected chi connectivity index (χ0v) is 12.6. The maximum Gasteiger partial charge on any atom is 0.418 e. The standard InChI is InChI=1S/C18H14F3NO/c1-10-6-7-11(2)13(8-10)16-14(9-23)12-4-3-5-15(17(12)22-16)18(19,20)21/h3-9,22H,1-2H3. The van der Waals surface area contributed by atoms with Crippen LogP contribution in [0.15, 0.2) is 36.4 Å². The molecule has 23 heavy (non-hydrogen) atoms. The number of benzene rings is 2. The number of carbonyl (C=O) groups is 1. The Hall–Kier alpha value is -2.56. The van der Waals surface area contributed by atoms with Gasteiger partial charge in [-0.1, -0.05) is 29.8 Å². The van der Waals surface area contributed by atoms with Crippen LogP contribution in [0.5, 0.6) is 0 Å². The Balaban J connectivity index is 2.39. The monoisotopic (exact) mass is 317 g/mol. The number of aryl methyl sites for hydroxylation is 2. The quantitative estimate of drug-likeness (QED) is 0.641. The van der Waals surface area contributed by atoms with Crippen molar-refractivity contribution >= 4 is 17.2 Å². The maximum absolute atomic E-state index is 13.2. The first-order chi connectivity index (χ1) is 10.8. The average molecular weight is 317 g/mol. The summed E-state index contributed by atoms with van der Waals surface area (Å²) in [5.74, 6) is 0. The van der Waals surface area contributed by atoms with Crippen molar-refractivity contribution in [2.24, 2.45) is 0 Å². The molecular formula is C18H14F3NO. The molecule has 0 aliphatic rings. The van der Waals surface area contributed by atoms with Crippen LogP contribution >= 0.6 is 0 Å². The van der Waals surface area contributed by atoms with Crippen LogP contribution in [-0.4, -0.2) is 11.3 Å². The molecule has 0 fully saturated rings. The fourth-order valence-electron chi connectivity index (χ4n) is 2.81. The van der Waals surface area contributed by atoms with Crippen molar-refractivity contribution in [1.82, 2.24) is 4.98 Å². The van der Waals surface area contributed by atoms with Crippen molar-refractivity contribution < 1.29 is 18.0 Å². The second-order valence-electron chi connectivity index (χ2n) is 5.58. The highest BCUT2D eigenvalue weighted by Gasteiger charge is 2.34. The van der Waals surface area contributed by atoms with Gasteiger partial charge in [0.2, 0.25) is 0 Å². The zero-order chi connectivity index (χ0) is 16.8. The van der Waals surface area contributed by atoms with E-state index in [0.717, 1.165) is 22.8 Å². The van der Waals surface area contributed by atoms with Gasteiger partial charge in [-0.15, -0.1) is 0 Å². The van der Waals surface area contributed by atoms with Gasteiger partial charge < -0.3 is 4.98 Å². The number of fused-ring (bicyclic) bond motifs is 1. The number of rotatable bonds is 2. The molecule has 0 aliphatic heterocycles. The summed E-state index contributed by atoms with van der Waals surface area (Å²) in [6, 6.07) is 9.53. The summed E-state index contributed by atoms with van der Waals surface area (Å²) in [6.45, 7) is 3.76. The van der Waals surface area contributed by atoms with E-state index in [9.17, 15) is 18.0 Å². The highest BCUT2D eigenvalue weighted by Crippen LogP contribution is 2.38. The summed E-state index contributed by atoms with van der Waals surface area (Å²) in [5.41, 5.74) is 2.44. The van der Waals surface area contributed by atoms with Gasteiger partial charge in [0, 0.05) is 16.5 Å². The molecule has 118 valence electrons. The summed E-state index contributed by atoms with van der Waals surface area (Å²) in [4.78, 5) is 14.4. The summed E-state index contributed by atoms with van der Waals surface area (Å²) < 4.78 is 39.6. The van der Waals surface area contributed by atoms with Crippen LogP contribution in [0.4, 0.5) is 13.2 Å². The van der Waals surface area contributed by atoms with Crippen molar-refractivity contribution in [2.45, 2.75) is 20.0 Å². The number of halogens is 3. The van der Waals surface area contributed by atoms with Crippen LogP contribution in [0.1, 0.15) is 27.0 Å². The van der Waals surface area contributed by atoms with Crippen molar-refractivity contribution in [1.29, 1.82) is 0 Å². The zero-order valence-electron chi connectivity index (χ0n) is 12.6. The predicted octanol–water partition coefficient (Wildman–Crippen LogP) is 5.28. The van der Waals surface area contributed by atoms with Gasteiger partial charge in [-0.2, -0.15) is 13.2 Å². The third kappa shape index (κ3) is 2.52. The molecule has 2 aromatic carbocycles. The molecule has 5 heteroatoms. The summed E-state index contributed by atoms with van der Waals surface area (Å²) in [5, 5.41) is 0.283. The Kier molecular flexibility index (Phi) is 3.51. The fourth-order valence-corrected chi connectivity index (χ4v) is 2.81. The minimum absolute atomic E-state index is 0.0574. The van der Waals surface area contributed by atoms with E-state index < -0.39 is 11.7 Å². The normalized spacial score (nSPS) is 11.9. The molecule has 0 unspecified atom stereocenters. The Morgan fingerprint density at radius 1 is 1.09 bits per heavy atom. The van der Waals surface area contributed by atoms with Crippen molar-refractivity contribution in [3.63, 3.8) is 0 Å². The van der Waals surface area contributed by atoms with Gasteiger partial charge in [-0.05, 0) is 31.5 Å². The summed E-state index contributed by atoms with van der Waals surface area (Å²) in [6.07, 6.45) is -3.88. The molecule has 0 bridgehead atoms. The molecule has 1 heterocycles. The van der Waals surface area contributed by atoms with Gasteiger partial charge in [0.05, 0.1) is 16.8 Å². The second-order valence-corrected chi connectivity index (χ2v) is 5.58. The SMILES string of the molecule is Cc1ccc(C)c(-c2[nH]c3c(C(F)(F)F)cccc3c2C=O)c1. The predicted molar refractivity (Wildman–Crippen MR) is 83.6 cm³/mol. The Labute approximate surface area is 130 Å². The lowest BCUT2D eigenvalue weighted by molar-refractivity contribution is -0.136. The van der Waals surface area contributed by atoms with Gasteiger partial charge in [0.15, 0.2) is 6.29 Å². The van der Waals surface area contributed by atoms with Crippen molar-refractivity contribution in [3.8, 4) is 11.3 Å². The van der Waals surface area contributed by atoms with Gasteiger partial charge in [0.1, 0.15) is 0 Å². The minimum atomic E-state index is -4.48. The van der Waals surface area contributed by atoms with E-state index in [0.29, 0.717) is 12.0 Å². The molecular weight excluding hydrogens is 303 g/mol. The molecule has 1 aromatic heterocycles. The first-order valence-electron chi connectivity index (χ1n) is 7.07. The van der Waals surface area contributed by atoms with Gasteiger partial charge in [-0.25, -0.2) is 0 Å². The lowest BCUT2D eigenvalue weighted by Gasteiger charge is -2.07. The molecule has 0 spiro atoms. The first-order valence-corrected chi connectivity index (χ1v) is 7.07. The number of aromatic amines is 1. The highest BCUT2D eigenvalue weighted by atomic mass is 19.4. The van der Waals surface area contributed by atoms with Crippen LogP contribution in [0.25, 0.3) is 22.2 Å². The number of alkyl halides is 3. The van der Waals surface area contributed by atoms with Crippen LogP contribution < -0.4 is 0 Å². The van der Waals surface area contributed by atoms with E-state index in [1.165, 1.54) is 12.1 Å². The van der Waals surface area contributed by atoms with Crippen LogP contribution in [0.2, 0.25) is 0 Å². The van der Waals surface area contributed by atoms with E-state index >= 15 is 0 Å². The number of hydrogen-bond acceptors (Lipinski definition) is 1. The molecule has 0 amide bonds. The average Bonchev–Trinajstić information content (AvgIpc) is 2.86. The van der Waals surface area contributed by atoms with E-state index in [1.807, 2.05) is 32.0 Å². The minimum Gasteiger partial charge on any atom is -0.353 e. The smallest absolute Gasteiger partial charge is 0.353 e. The first kappa shape index (κ1) is 15.3. The number of hydrogen-bond donors (Lipinski definition) is 1. The third-order valence-electron chi connectivity index (χ3n) is 3.96. The second kappa shape index (κ2) is 5.26. The van der Waals surface area contributed by atoms with E-state index in [-0.39, 0.29) is 16.5 Å². The van der Waals surface area contributed by atoms with Gasteiger partial charge in [-0.3, -0.25) is 4.79 Å². The molecule has 0 radical (unpaired) electrons. The Morgan fingerprint density at radius 3 is 2.48 bits per heavy atom. The molecule has 2 nitrogen and oxygen atoms in total. The molecule has 3 rings (SSSR count). The lowest BCUT2D eigenvalue weighted by atomic mass is 9.99. The number of nitrogens with one attached hydrogen (secondary N) is 1. The highest BCUT2D eigenvalue weighted by molar-refractivity contribution is 6.05.